The van der Waals surface area contributed by atoms with E-state index in [2.05, 4.69) is 10.2 Å². The van der Waals surface area contributed by atoms with Crippen molar-refractivity contribution in [2.24, 2.45) is 0 Å². The number of hydrogen-bond acceptors (Lipinski definition) is 4. The normalized spacial score (nSPS) is 10.7. The summed E-state index contributed by atoms with van der Waals surface area (Å²) in [6, 6.07) is 10.5. The van der Waals surface area contributed by atoms with E-state index >= 15 is 0 Å². The van der Waals surface area contributed by atoms with Gasteiger partial charge in [-0.1, -0.05) is 12.1 Å². The molecule has 0 unspecified atom stereocenters. The summed E-state index contributed by atoms with van der Waals surface area (Å²) in [5, 5.41) is 7.23. The van der Waals surface area contributed by atoms with Crippen molar-refractivity contribution < 1.29 is 9.15 Å². The summed E-state index contributed by atoms with van der Waals surface area (Å²) in [4.78, 5) is 11.0. The summed E-state index contributed by atoms with van der Waals surface area (Å²) < 4.78 is 10.9. The minimum Gasteiger partial charge on any atom is -0.493 e. The molecule has 0 aliphatic rings. The van der Waals surface area contributed by atoms with E-state index in [4.69, 9.17) is 9.15 Å². The second-order valence-corrected chi connectivity index (χ2v) is 3.80. The molecule has 0 spiro atoms. The number of rotatable bonds is 2. The maximum atomic E-state index is 11.0. The molecule has 0 radical (unpaired) electrons. The number of furan rings is 1. The van der Waals surface area contributed by atoms with Crippen LogP contribution in [0.1, 0.15) is 0 Å². The van der Waals surface area contributed by atoms with E-state index in [9.17, 15) is 4.79 Å². The predicted octanol–water partition coefficient (Wildman–Crippen LogP) is 2.19. The summed E-state index contributed by atoms with van der Waals surface area (Å²) in [5.74, 6) is 1.26. The quantitative estimate of drug-likeness (QED) is 0.747. The van der Waals surface area contributed by atoms with E-state index in [0.29, 0.717) is 22.8 Å². The molecule has 2 heterocycles. The molecule has 0 fully saturated rings. The Labute approximate surface area is 102 Å². The van der Waals surface area contributed by atoms with Crippen LogP contribution in [0.4, 0.5) is 0 Å². The molecule has 3 rings (SSSR count). The molecule has 0 atom stereocenters. The number of ether oxygens (including phenoxy) is 1. The maximum Gasteiger partial charge on any atom is 0.264 e. The number of aromatic nitrogens is 2. The number of nitrogens with one attached hydrogen (secondary N) is 1. The number of nitrogens with zero attached hydrogens (tertiary/aromatic N) is 1. The van der Waals surface area contributed by atoms with Gasteiger partial charge in [-0.15, -0.1) is 0 Å². The molecule has 0 aliphatic carbocycles. The monoisotopic (exact) mass is 242 g/mol. The molecule has 0 saturated carbocycles. The predicted molar refractivity (Wildman–Crippen MR) is 66.6 cm³/mol. The van der Waals surface area contributed by atoms with Crippen molar-refractivity contribution >= 4 is 11.0 Å². The van der Waals surface area contributed by atoms with Gasteiger partial charge in [0.1, 0.15) is 5.69 Å². The van der Waals surface area contributed by atoms with Crippen LogP contribution in [0.25, 0.3) is 22.4 Å². The molecule has 0 amide bonds. The highest BCUT2D eigenvalue weighted by Gasteiger charge is 2.10. The van der Waals surface area contributed by atoms with Gasteiger partial charge in [0.25, 0.3) is 5.56 Å². The largest absolute Gasteiger partial charge is 0.493 e. The minimum atomic E-state index is -0.243. The van der Waals surface area contributed by atoms with E-state index < -0.39 is 0 Å². The Morgan fingerprint density at radius 2 is 2.17 bits per heavy atom. The van der Waals surface area contributed by atoms with Gasteiger partial charge in [-0.05, 0) is 18.2 Å². The number of hydrogen-bond donors (Lipinski definition) is 1. The first-order chi connectivity index (χ1) is 8.78. The number of aromatic amines is 1. The SMILES string of the molecule is COc1cccc2cc(-c3ccc(=O)[nH]n3)oc12. The zero-order valence-corrected chi connectivity index (χ0v) is 9.64. The summed E-state index contributed by atoms with van der Waals surface area (Å²) in [5.41, 5.74) is 1.00. The van der Waals surface area contributed by atoms with Crippen LogP contribution >= 0.6 is 0 Å². The number of para-hydroxylation sites is 1. The molecule has 18 heavy (non-hydrogen) atoms. The lowest BCUT2D eigenvalue weighted by Crippen LogP contribution is -2.05. The second-order valence-electron chi connectivity index (χ2n) is 3.80. The summed E-state index contributed by atoms with van der Waals surface area (Å²) in [6.07, 6.45) is 0. The zero-order chi connectivity index (χ0) is 12.5. The van der Waals surface area contributed by atoms with Gasteiger partial charge in [-0.2, -0.15) is 5.10 Å². The van der Waals surface area contributed by atoms with E-state index in [1.54, 1.807) is 13.2 Å². The van der Waals surface area contributed by atoms with Crippen molar-refractivity contribution in [3.8, 4) is 17.2 Å². The summed E-state index contributed by atoms with van der Waals surface area (Å²) >= 11 is 0. The molecular formula is C13H10N2O3. The molecule has 0 bridgehead atoms. The van der Waals surface area contributed by atoms with Crippen molar-refractivity contribution in [1.82, 2.24) is 10.2 Å². The third-order valence-electron chi connectivity index (χ3n) is 2.66. The molecule has 1 N–H and O–H groups in total. The fourth-order valence-corrected chi connectivity index (χ4v) is 1.81. The van der Waals surface area contributed by atoms with Crippen molar-refractivity contribution in [1.29, 1.82) is 0 Å². The van der Waals surface area contributed by atoms with Gasteiger partial charge in [0.15, 0.2) is 17.1 Å². The Kier molecular flexibility index (Phi) is 2.37. The standard InChI is InChI=1S/C13H10N2O3/c1-17-10-4-2-3-8-7-11(18-13(8)10)9-5-6-12(16)15-14-9/h2-7H,1H3,(H,15,16). The molecular weight excluding hydrogens is 232 g/mol. The number of H-pyrrole nitrogens is 1. The average molecular weight is 242 g/mol. The van der Waals surface area contributed by atoms with Crippen LogP contribution in [0.5, 0.6) is 5.75 Å². The highest BCUT2D eigenvalue weighted by atomic mass is 16.5. The Bertz CT molecular complexity index is 738. The van der Waals surface area contributed by atoms with Gasteiger partial charge < -0.3 is 9.15 Å². The molecule has 5 heteroatoms. The van der Waals surface area contributed by atoms with E-state index in [-0.39, 0.29) is 5.56 Å². The first-order valence-electron chi connectivity index (χ1n) is 5.40. The van der Waals surface area contributed by atoms with Gasteiger partial charge in [-0.3, -0.25) is 4.79 Å². The van der Waals surface area contributed by atoms with Gasteiger partial charge in [0.2, 0.25) is 0 Å². The van der Waals surface area contributed by atoms with Gasteiger partial charge >= 0.3 is 0 Å². The number of benzene rings is 1. The second kappa shape index (κ2) is 4.03. The van der Waals surface area contributed by atoms with E-state index in [1.165, 1.54) is 6.07 Å². The van der Waals surface area contributed by atoms with Crippen LogP contribution in [0.15, 0.2) is 45.6 Å². The first-order valence-corrected chi connectivity index (χ1v) is 5.40. The summed E-state index contributed by atoms with van der Waals surface area (Å²) in [6.45, 7) is 0. The third-order valence-corrected chi connectivity index (χ3v) is 2.66. The lowest BCUT2D eigenvalue weighted by atomic mass is 10.2. The fraction of sp³-hybridized carbons (Fsp3) is 0.0769. The van der Waals surface area contributed by atoms with Crippen LogP contribution in [-0.2, 0) is 0 Å². The highest BCUT2D eigenvalue weighted by molar-refractivity contribution is 5.86. The van der Waals surface area contributed by atoms with Crippen LogP contribution in [0.2, 0.25) is 0 Å². The van der Waals surface area contributed by atoms with Crippen LogP contribution in [-0.4, -0.2) is 17.3 Å². The Balaban J connectivity index is 2.19. The Morgan fingerprint density at radius 3 is 2.89 bits per heavy atom. The van der Waals surface area contributed by atoms with Gasteiger partial charge in [0, 0.05) is 11.5 Å². The zero-order valence-electron chi connectivity index (χ0n) is 9.64. The van der Waals surface area contributed by atoms with E-state index in [0.717, 1.165) is 5.39 Å². The molecule has 5 nitrogen and oxygen atoms in total. The average Bonchev–Trinajstić information content (AvgIpc) is 2.83. The van der Waals surface area contributed by atoms with Crippen molar-refractivity contribution in [3.63, 3.8) is 0 Å². The summed E-state index contributed by atoms with van der Waals surface area (Å²) in [7, 11) is 1.59. The molecule has 0 aliphatic heterocycles. The van der Waals surface area contributed by atoms with Crippen LogP contribution in [0, 0.1) is 0 Å². The maximum absolute atomic E-state index is 11.0. The molecule has 90 valence electrons. The molecule has 3 aromatic rings. The minimum absolute atomic E-state index is 0.243. The molecule has 1 aromatic carbocycles. The highest BCUT2D eigenvalue weighted by Crippen LogP contribution is 2.31. The lowest BCUT2D eigenvalue weighted by molar-refractivity contribution is 0.411. The van der Waals surface area contributed by atoms with Gasteiger partial charge in [0.05, 0.1) is 7.11 Å². The third kappa shape index (κ3) is 1.66. The number of methoxy groups -OCH3 is 1. The smallest absolute Gasteiger partial charge is 0.264 e. The molecule has 2 aromatic heterocycles. The number of fused-ring (bicyclic) bond motifs is 1. The lowest BCUT2D eigenvalue weighted by Gasteiger charge is -1.98. The first kappa shape index (κ1) is 10.6. The Morgan fingerprint density at radius 1 is 1.28 bits per heavy atom. The van der Waals surface area contributed by atoms with Crippen LogP contribution < -0.4 is 10.3 Å². The van der Waals surface area contributed by atoms with Gasteiger partial charge in [-0.25, -0.2) is 5.10 Å². The molecule has 0 saturated heterocycles. The van der Waals surface area contributed by atoms with Crippen molar-refractivity contribution in [2.75, 3.05) is 7.11 Å². The Hall–Kier alpha value is -2.56. The topological polar surface area (TPSA) is 68.1 Å². The van der Waals surface area contributed by atoms with Crippen molar-refractivity contribution in [3.05, 3.63) is 46.8 Å². The van der Waals surface area contributed by atoms with Crippen LogP contribution in [0.3, 0.4) is 0 Å². The fourth-order valence-electron chi connectivity index (χ4n) is 1.81. The van der Waals surface area contributed by atoms with E-state index in [1.807, 2.05) is 24.3 Å². The van der Waals surface area contributed by atoms with Crippen molar-refractivity contribution in [2.45, 2.75) is 0 Å².